The number of fused-ring (bicyclic) bond motifs is 1. The van der Waals surface area contributed by atoms with Crippen molar-refractivity contribution >= 4 is 50.5 Å². The summed E-state index contributed by atoms with van der Waals surface area (Å²) >= 11 is 11.3. The molecule has 1 atom stereocenters. The van der Waals surface area contributed by atoms with Crippen LogP contribution in [0.3, 0.4) is 0 Å². The Bertz CT molecular complexity index is 1130. The molecule has 0 saturated carbocycles. The third kappa shape index (κ3) is 5.69. The second-order valence-corrected chi connectivity index (χ2v) is 11.4. The Balaban J connectivity index is 1.67. The van der Waals surface area contributed by atoms with Crippen LogP contribution in [0, 0.1) is 0 Å². The van der Waals surface area contributed by atoms with Gasteiger partial charge in [0.05, 0.1) is 5.69 Å². The summed E-state index contributed by atoms with van der Waals surface area (Å²) in [6.07, 6.45) is 2.59. The van der Waals surface area contributed by atoms with E-state index >= 15 is 0 Å². The number of rotatable bonds is 7. The molecular weight excluding hydrogens is 495 g/mol. The number of carbonyl (C=O) groups is 1. The highest BCUT2D eigenvalue weighted by Gasteiger charge is 2.30. The minimum Gasteiger partial charge on any atom is -0.368 e. The minimum absolute atomic E-state index is 0.138. The molecule has 1 saturated heterocycles. The van der Waals surface area contributed by atoms with Crippen LogP contribution < -0.4 is 14.9 Å². The number of carbonyl (C=O) groups excluding carboxylic acids is 1. The fourth-order valence-corrected chi connectivity index (χ4v) is 6.31. The summed E-state index contributed by atoms with van der Waals surface area (Å²) in [5.41, 5.74) is 3.15. The molecule has 2 N–H and O–H groups in total. The molecule has 0 spiro atoms. The van der Waals surface area contributed by atoms with Crippen molar-refractivity contribution in [2.75, 3.05) is 42.9 Å². The number of nitrogens with one attached hydrogen (secondary N) is 2. The van der Waals surface area contributed by atoms with Crippen molar-refractivity contribution in [3.8, 4) is 0 Å². The van der Waals surface area contributed by atoms with Crippen molar-refractivity contribution in [2.45, 2.75) is 42.0 Å². The predicted octanol–water partition coefficient (Wildman–Crippen LogP) is 3.93. The Hall–Kier alpha value is -1.84. The van der Waals surface area contributed by atoms with E-state index < -0.39 is 20.8 Å². The molecule has 2 aliphatic rings. The number of anilines is 2. The normalized spacial score (nSPS) is 19.2. The van der Waals surface area contributed by atoms with Gasteiger partial charge in [-0.05, 0) is 55.1 Å². The molecule has 1 unspecified atom stereocenters. The third-order valence-electron chi connectivity index (χ3n) is 6.54. The monoisotopic (exact) mass is 524 g/mol. The number of halogens is 2. The van der Waals surface area contributed by atoms with Crippen LogP contribution in [0.4, 0.5) is 11.4 Å². The molecule has 0 bridgehead atoms. The number of hydrogen-bond donors (Lipinski definition) is 2. The van der Waals surface area contributed by atoms with E-state index in [0.29, 0.717) is 11.4 Å². The van der Waals surface area contributed by atoms with Crippen LogP contribution in [0.15, 0.2) is 47.4 Å². The fraction of sp³-hybridized carbons (Fsp3) is 0.458. The zero-order valence-electron chi connectivity index (χ0n) is 19.1. The Morgan fingerprint density at radius 3 is 2.56 bits per heavy atom. The van der Waals surface area contributed by atoms with Gasteiger partial charge in [0.15, 0.2) is 4.84 Å². The van der Waals surface area contributed by atoms with Gasteiger partial charge in [-0.2, -0.15) is 0 Å². The fourth-order valence-electron chi connectivity index (χ4n) is 4.70. The second kappa shape index (κ2) is 10.8. The van der Waals surface area contributed by atoms with Gasteiger partial charge in [0.2, 0.25) is 10.0 Å². The van der Waals surface area contributed by atoms with Gasteiger partial charge in [-0.15, -0.1) is 0 Å². The molecule has 1 heterocycles. The van der Waals surface area contributed by atoms with Crippen molar-refractivity contribution in [3.05, 3.63) is 53.6 Å². The highest BCUT2D eigenvalue weighted by Crippen LogP contribution is 2.34. The highest BCUT2D eigenvalue weighted by molar-refractivity contribution is 7.89. The summed E-state index contributed by atoms with van der Waals surface area (Å²) in [6, 6.07) is 12.6. The molecule has 184 valence electrons. The first-order valence-corrected chi connectivity index (χ1v) is 13.9. The number of benzene rings is 2. The SMILES string of the molecule is CCN1CCN(c2ccc(NC(=O)C(Cl)Cl)cc2S(=O)(=O)NC2CCCc3ccccc32)CC1. The van der Waals surface area contributed by atoms with Gasteiger partial charge in [0, 0.05) is 37.9 Å². The van der Waals surface area contributed by atoms with Crippen LogP contribution >= 0.6 is 23.2 Å². The van der Waals surface area contributed by atoms with E-state index in [1.807, 2.05) is 18.2 Å². The lowest BCUT2D eigenvalue weighted by Crippen LogP contribution is -2.46. The predicted molar refractivity (Wildman–Crippen MR) is 137 cm³/mol. The molecular formula is C24H30Cl2N4O3S. The van der Waals surface area contributed by atoms with Gasteiger partial charge in [0.25, 0.3) is 5.91 Å². The molecule has 2 aromatic rings. The van der Waals surface area contributed by atoms with Crippen LogP contribution in [0.25, 0.3) is 0 Å². The second-order valence-electron chi connectivity index (χ2n) is 8.66. The van der Waals surface area contributed by atoms with Crippen LogP contribution in [0.1, 0.15) is 36.9 Å². The molecule has 1 aliphatic heterocycles. The van der Waals surface area contributed by atoms with E-state index in [-0.39, 0.29) is 10.9 Å². The van der Waals surface area contributed by atoms with E-state index in [9.17, 15) is 13.2 Å². The van der Waals surface area contributed by atoms with Crippen molar-refractivity contribution in [1.29, 1.82) is 0 Å². The van der Waals surface area contributed by atoms with Gasteiger partial charge >= 0.3 is 0 Å². The van der Waals surface area contributed by atoms with E-state index in [4.69, 9.17) is 23.2 Å². The maximum absolute atomic E-state index is 13.8. The van der Waals surface area contributed by atoms with Crippen molar-refractivity contribution in [1.82, 2.24) is 9.62 Å². The molecule has 10 heteroatoms. The molecule has 1 amide bonds. The summed E-state index contributed by atoms with van der Waals surface area (Å²) in [7, 11) is -3.90. The summed E-state index contributed by atoms with van der Waals surface area (Å²) in [6.45, 7) is 6.25. The number of hydrogen-bond acceptors (Lipinski definition) is 5. The molecule has 0 aromatic heterocycles. The average Bonchev–Trinajstić information content (AvgIpc) is 2.84. The molecule has 34 heavy (non-hydrogen) atoms. The van der Waals surface area contributed by atoms with Gasteiger partial charge in [-0.3, -0.25) is 4.79 Å². The molecule has 7 nitrogen and oxygen atoms in total. The first-order valence-electron chi connectivity index (χ1n) is 11.6. The summed E-state index contributed by atoms with van der Waals surface area (Å²) in [5.74, 6) is -0.606. The molecule has 1 aliphatic carbocycles. The van der Waals surface area contributed by atoms with E-state index in [0.717, 1.165) is 57.5 Å². The van der Waals surface area contributed by atoms with Crippen molar-refractivity contribution < 1.29 is 13.2 Å². The first kappa shape index (κ1) is 25.3. The quantitative estimate of drug-likeness (QED) is 0.536. The number of amides is 1. The number of sulfonamides is 1. The largest absolute Gasteiger partial charge is 0.368 e. The Morgan fingerprint density at radius 1 is 1.12 bits per heavy atom. The van der Waals surface area contributed by atoms with Crippen LogP contribution in [-0.4, -0.2) is 56.8 Å². The van der Waals surface area contributed by atoms with Crippen molar-refractivity contribution in [2.24, 2.45) is 0 Å². The average molecular weight is 526 g/mol. The summed E-state index contributed by atoms with van der Waals surface area (Å²) < 4.78 is 30.4. The Morgan fingerprint density at radius 2 is 1.85 bits per heavy atom. The molecule has 2 aromatic carbocycles. The van der Waals surface area contributed by atoms with E-state index in [1.54, 1.807) is 12.1 Å². The summed E-state index contributed by atoms with van der Waals surface area (Å²) in [4.78, 5) is 15.3. The number of alkyl halides is 2. The number of nitrogens with zero attached hydrogens (tertiary/aromatic N) is 2. The third-order valence-corrected chi connectivity index (χ3v) is 8.44. The lowest BCUT2D eigenvalue weighted by atomic mass is 9.88. The smallest absolute Gasteiger partial charge is 0.257 e. The standard InChI is InChI=1S/C24H30Cl2N4O3S/c1-2-29-12-14-30(15-13-29)21-11-10-18(27-24(31)23(25)26)16-22(21)34(32,33)28-20-9-5-7-17-6-3-4-8-19(17)20/h3-4,6,8,10-11,16,20,23,28H,2,5,7,9,12-15H2,1H3,(H,27,31). The lowest BCUT2D eigenvalue weighted by molar-refractivity contribution is -0.114. The topological polar surface area (TPSA) is 81.8 Å². The summed E-state index contributed by atoms with van der Waals surface area (Å²) in [5, 5.41) is 2.60. The van der Waals surface area contributed by atoms with Gasteiger partial charge < -0.3 is 15.1 Å². The maximum Gasteiger partial charge on any atom is 0.257 e. The molecule has 4 rings (SSSR count). The van der Waals surface area contributed by atoms with Gasteiger partial charge in [-0.1, -0.05) is 54.4 Å². The van der Waals surface area contributed by atoms with Gasteiger partial charge in [0.1, 0.15) is 4.90 Å². The number of piperazine rings is 1. The number of aryl methyl sites for hydroxylation is 1. The lowest BCUT2D eigenvalue weighted by Gasteiger charge is -2.36. The minimum atomic E-state index is -3.90. The van der Waals surface area contributed by atoms with Crippen LogP contribution in [0.5, 0.6) is 0 Å². The molecule has 0 radical (unpaired) electrons. The zero-order valence-corrected chi connectivity index (χ0v) is 21.5. The number of likely N-dealkylation sites (N-methyl/N-ethyl adjacent to an activating group) is 1. The van der Waals surface area contributed by atoms with E-state index in [1.165, 1.54) is 11.6 Å². The van der Waals surface area contributed by atoms with Gasteiger partial charge in [-0.25, -0.2) is 13.1 Å². The Labute approximate surface area is 211 Å². The molecule has 1 fully saturated rings. The maximum atomic E-state index is 13.8. The van der Waals surface area contributed by atoms with Crippen molar-refractivity contribution in [3.63, 3.8) is 0 Å². The zero-order chi connectivity index (χ0) is 24.3. The van der Waals surface area contributed by atoms with Crippen LogP contribution in [-0.2, 0) is 21.2 Å². The highest BCUT2D eigenvalue weighted by atomic mass is 35.5. The first-order chi connectivity index (χ1) is 16.3. The Kier molecular flexibility index (Phi) is 8.05. The van der Waals surface area contributed by atoms with E-state index in [2.05, 4.69) is 32.8 Å². The van der Waals surface area contributed by atoms with Crippen LogP contribution in [0.2, 0.25) is 0 Å².